The summed E-state index contributed by atoms with van der Waals surface area (Å²) in [4.78, 5) is 16.7. The van der Waals surface area contributed by atoms with Gasteiger partial charge in [-0.05, 0) is 25.0 Å². The highest BCUT2D eigenvalue weighted by Crippen LogP contribution is 2.31. The summed E-state index contributed by atoms with van der Waals surface area (Å²) >= 11 is 2.03. The fourth-order valence-electron chi connectivity index (χ4n) is 2.58. The van der Waals surface area contributed by atoms with Gasteiger partial charge in [-0.25, -0.2) is 4.98 Å². The van der Waals surface area contributed by atoms with E-state index < -0.39 is 0 Å². The maximum absolute atomic E-state index is 5.77. The molecule has 1 fully saturated rings. The van der Waals surface area contributed by atoms with Gasteiger partial charge in [-0.1, -0.05) is 6.92 Å². The maximum atomic E-state index is 5.77. The van der Waals surface area contributed by atoms with Crippen LogP contribution in [0.1, 0.15) is 26.2 Å². The molecule has 0 saturated heterocycles. The van der Waals surface area contributed by atoms with Gasteiger partial charge in [0.25, 0.3) is 0 Å². The van der Waals surface area contributed by atoms with E-state index in [1.807, 2.05) is 11.8 Å². The molecule has 0 aliphatic heterocycles. The highest BCUT2D eigenvalue weighted by atomic mass is 32.2. The minimum atomic E-state index is 0.216. The van der Waals surface area contributed by atoms with Crippen molar-refractivity contribution in [1.82, 2.24) is 24.5 Å². The van der Waals surface area contributed by atoms with Gasteiger partial charge in [0.2, 0.25) is 17.8 Å². The zero-order chi connectivity index (χ0) is 14.7. The highest BCUT2D eigenvalue weighted by Gasteiger charge is 2.25. The molecule has 0 aromatic carbocycles. The molecule has 1 aliphatic carbocycles. The third kappa shape index (κ3) is 3.44. The molecule has 3 N–H and O–H groups in total. The van der Waals surface area contributed by atoms with Crippen LogP contribution in [-0.4, -0.2) is 41.5 Å². The van der Waals surface area contributed by atoms with Crippen LogP contribution in [0.4, 0.5) is 11.9 Å². The van der Waals surface area contributed by atoms with Crippen LogP contribution < -0.4 is 11.1 Å². The third-order valence-corrected chi connectivity index (χ3v) is 4.73. The first-order valence-corrected chi connectivity index (χ1v) is 8.17. The Balaban J connectivity index is 1.71. The Morgan fingerprint density at radius 2 is 2.29 bits per heavy atom. The van der Waals surface area contributed by atoms with Crippen molar-refractivity contribution in [2.24, 2.45) is 0 Å². The maximum Gasteiger partial charge on any atom is 0.241 e. The van der Waals surface area contributed by atoms with Gasteiger partial charge in [0.05, 0.1) is 0 Å². The average molecular weight is 305 g/mol. The minimum Gasteiger partial charge on any atom is -0.368 e. The van der Waals surface area contributed by atoms with Crippen molar-refractivity contribution >= 4 is 23.7 Å². The van der Waals surface area contributed by atoms with Crippen LogP contribution in [0.5, 0.6) is 0 Å². The Morgan fingerprint density at radius 3 is 3.05 bits per heavy atom. The first kappa shape index (κ1) is 14.1. The molecule has 7 nitrogen and oxygen atoms in total. The van der Waals surface area contributed by atoms with Crippen molar-refractivity contribution in [3.63, 3.8) is 0 Å². The molecule has 2 aromatic heterocycles. The van der Waals surface area contributed by atoms with Crippen LogP contribution in [0.15, 0.2) is 18.7 Å². The Labute approximate surface area is 127 Å². The molecule has 0 amide bonds. The number of rotatable bonds is 5. The van der Waals surface area contributed by atoms with Gasteiger partial charge in [-0.3, -0.25) is 4.57 Å². The summed E-state index contributed by atoms with van der Waals surface area (Å²) in [6.07, 6.45) is 8.62. The summed E-state index contributed by atoms with van der Waals surface area (Å²) in [5, 5.41) is 4.12. The summed E-state index contributed by atoms with van der Waals surface area (Å²) in [6, 6.07) is 0.409. The zero-order valence-corrected chi connectivity index (χ0v) is 12.8. The summed E-state index contributed by atoms with van der Waals surface area (Å²) in [7, 11) is 0. The van der Waals surface area contributed by atoms with E-state index in [0.29, 0.717) is 17.9 Å². The van der Waals surface area contributed by atoms with Crippen molar-refractivity contribution in [3.8, 4) is 5.95 Å². The second-order valence-corrected chi connectivity index (χ2v) is 6.60. The predicted molar refractivity (Wildman–Crippen MR) is 84.5 cm³/mol. The van der Waals surface area contributed by atoms with Crippen molar-refractivity contribution in [1.29, 1.82) is 0 Å². The Hall–Kier alpha value is -1.83. The van der Waals surface area contributed by atoms with Gasteiger partial charge >= 0.3 is 0 Å². The van der Waals surface area contributed by atoms with Crippen LogP contribution >= 0.6 is 11.8 Å². The minimum absolute atomic E-state index is 0.216. The molecule has 1 aliphatic rings. The largest absolute Gasteiger partial charge is 0.368 e. The van der Waals surface area contributed by atoms with Crippen LogP contribution in [0.25, 0.3) is 5.95 Å². The van der Waals surface area contributed by atoms with E-state index in [1.165, 1.54) is 12.2 Å². The molecule has 0 spiro atoms. The molecule has 8 heteroatoms. The molecule has 2 heterocycles. The van der Waals surface area contributed by atoms with Crippen LogP contribution in [0, 0.1) is 0 Å². The topological polar surface area (TPSA) is 94.5 Å². The lowest BCUT2D eigenvalue weighted by molar-refractivity contribution is 0.741. The number of nitrogens with zero attached hydrogens (tertiary/aromatic N) is 5. The fourth-order valence-corrected chi connectivity index (χ4v) is 3.72. The van der Waals surface area contributed by atoms with Crippen LogP contribution in [-0.2, 0) is 0 Å². The molecule has 2 aromatic rings. The number of anilines is 2. The SMILES string of the molecule is CCSC1CCC(Nc2nc(N)nc(-n3ccnc3)n2)C1. The summed E-state index contributed by atoms with van der Waals surface area (Å²) in [5.41, 5.74) is 5.77. The van der Waals surface area contributed by atoms with E-state index in [1.54, 1.807) is 23.3 Å². The molecule has 0 radical (unpaired) electrons. The lowest BCUT2D eigenvalue weighted by atomic mass is 10.2. The van der Waals surface area contributed by atoms with Gasteiger partial charge in [0.15, 0.2) is 0 Å². The summed E-state index contributed by atoms with van der Waals surface area (Å²) < 4.78 is 1.72. The first-order valence-electron chi connectivity index (χ1n) is 7.12. The predicted octanol–water partition coefficient (Wildman–Crippen LogP) is 1.73. The van der Waals surface area contributed by atoms with Gasteiger partial charge < -0.3 is 11.1 Å². The monoisotopic (exact) mass is 305 g/mol. The first-order chi connectivity index (χ1) is 10.2. The second-order valence-electron chi connectivity index (χ2n) is 5.02. The van der Waals surface area contributed by atoms with Crippen molar-refractivity contribution < 1.29 is 0 Å². The van der Waals surface area contributed by atoms with E-state index >= 15 is 0 Å². The Bertz CT molecular complexity index is 586. The quantitative estimate of drug-likeness (QED) is 0.868. The van der Waals surface area contributed by atoms with Crippen LogP contribution in [0.3, 0.4) is 0 Å². The smallest absolute Gasteiger partial charge is 0.241 e. The standard InChI is InChI=1S/C13H19N7S/c1-2-21-10-4-3-9(7-10)16-12-17-11(14)18-13(19-12)20-6-5-15-8-20/h5-6,8-10H,2-4,7H2,1H3,(H3,14,16,17,18,19). The molecular formula is C13H19N7S. The zero-order valence-electron chi connectivity index (χ0n) is 11.9. The van der Waals surface area contributed by atoms with Crippen LogP contribution in [0.2, 0.25) is 0 Å². The number of aromatic nitrogens is 5. The average Bonchev–Trinajstić information content (AvgIpc) is 3.10. The van der Waals surface area contributed by atoms with E-state index in [4.69, 9.17) is 5.73 Å². The van der Waals surface area contributed by atoms with Crippen molar-refractivity contribution in [3.05, 3.63) is 18.7 Å². The molecule has 2 atom stereocenters. The molecular weight excluding hydrogens is 286 g/mol. The van der Waals surface area contributed by atoms with E-state index in [0.717, 1.165) is 18.1 Å². The molecule has 2 unspecified atom stereocenters. The van der Waals surface area contributed by atoms with E-state index in [-0.39, 0.29) is 5.95 Å². The number of nitrogens with two attached hydrogens (primary N) is 1. The second kappa shape index (κ2) is 6.30. The molecule has 0 bridgehead atoms. The fraction of sp³-hybridized carbons (Fsp3) is 0.538. The normalized spacial score (nSPS) is 21.6. The van der Waals surface area contributed by atoms with Gasteiger partial charge in [0, 0.05) is 23.7 Å². The molecule has 21 heavy (non-hydrogen) atoms. The number of nitrogens with one attached hydrogen (secondary N) is 1. The highest BCUT2D eigenvalue weighted by molar-refractivity contribution is 7.99. The molecule has 3 rings (SSSR count). The number of nitrogen functional groups attached to an aromatic ring is 1. The summed E-state index contributed by atoms with van der Waals surface area (Å²) in [6.45, 7) is 2.20. The number of hydrogen-bond donors (Lipinski definition) is 2. The van der Waals surface area contributed by atoms with Crippen molar-refractivity contribution in [2.75, 3.05) is 16.8 Å². The Kier molecular flexibility index (Phi) is 4.23. The summed E-state index contributed by atoms with van der Waals surface area (Å²) in [5.74, 6) is 2.41. The van der Waals surface area contributed by atoms with E-state index in [2.05, 4.69) is 32.2 Å². The van der Waals surface area contributed by atoms with Gasteiger partial charge in [0.1, 0.15) is 6.33 Å². The van der Waals surface area contributed by atoms with Gasteiger partial charge in [-0.15, -0.1) is 0 Å². The van der Waals surface area contributed by atoms with Crippen molar-refractivity contribution in [2.45, 2.75) is 37.5 Å². The van der Waals surface area contributed by atoms with E-state index in [9.17, 15) is 0 Å². The molecule has 112 valence electrons. The van der Waals surface area contributed by atoms with Gasteiger partial charge in [-0.2, -0.15) is 26.7 Å². The number of hydrogen-bond acceptors (Lipinski definition) is 7. The Morgan fingerprint density at radius 1 is 1.38 bits per heavy atom. The molecule has 1 saturated carbocycles. The lowest BCUT2D eigenvalue weighted by Gasteiger charge is -2.13. The number of thioether (sulfide) groups is 1. The number of imidazole rings is 1. The lowest BCUT2D eigenvalue weighted by Crippen LogP contribution is -2.19. The third-order valence-electron chi connectivity index (χ3n) is 3.50.